The molecule has 7 rings (SSSR count). The number of pyridine rings is 3. The van der Waals surface area contributed by atoms with Crippen molar-refractivity contribution in [2.24, 2.45) is 7.05 Å². The van der Waals surface area contributed by atoms with Crippen LogP contribution in [0.4, 0.5) is 17.3 Å². The van der Waals surface area contributed by atoms with Gasteiger partial charge in [-0.05, 0) is 67.1 Å². The molecule has 2 N–H and O–H groups in total. The Morgan fingerprint density at radius 1 is 0.913 bits per heavy atom. The summed E-state index contributed by atoms with van der Waals surface area (Å²) in [7, 11) is 1.72. The van der Waals surface area contributed by atoms with Crippen LogP contribution >= 0.6 is 0 Å². The molecule has 1 saturated heterocycles. The average Bonchev–Trinajstić information content (AvgIpc) is 3.47. The van der Waals surface area contributed by atoms with Gasteiger partial charge in [0.15, 0.2) is 0 Å². The summed E-state index contributed by atoms with van der Waals surface area (Å²) in [6.07, 6.45) is 9.43. The fourth-order valence-electron chi connectivity index (χ4n) is 7.17. The van der Waals surface area contributed by atoms with E-state index >= 15 is 0 Å². The average molecular weight is 625 g/mol. The smallest absolute Gasteiger partial charge is 0.276 e. The lowest BCUT2D eigenvalue weighted by Gasteiger charge is -2.41. The van der Waals surface area contributed by atoms with Crippen molar-refractivity contribution < 1.29 is 15.0 Å². The SMILES string of the molecule is Cn1cc(-c2ccnc(N3CCn4c(cc5c4CCCC5)C3=O)c2CO)cc(N(c2ccccn2)N2CCN(CCO)CC2)c1=O. The highest BCUT2D eigenvalue weighted by Crippen LogP contribution is 2.35. The van der Waals surface area contributed by atoms with Crippen molar-refractivity contribution in [3.05, 3.63) is 87.9 Å². The molecule has 46 heavy (non-hydrogen) atoms. The number of carbonyl (C=O) groups excluding carboxylic acids is 1. The van der Waals surface area contributed by atoms with E-state index in [0.717, 1.165) is 38.8 Å². The number of rotatable bonds is 8. The highest BCUT2D eigenvalue weighted by Gasteiger charge is 2.33. The number of piperazine rings is 1. The molecule has 3 aliphatic rings. The Labute approximate surface area is 267 Å². The highest BCUT2D eigenvalue weighted by molar-refractivity contribution is 6.06. The third-order valence-corrected chi connectivity index (χ3v) is 9.48. The largest absolute Gasteiger partial charge is 0.395 e. The molecule has 0 radical (unpaired) electrons. The van der Waals surface area contributed by atoms with Crippen LogP contribution in [0.1, 0.15) is 40.2 Å². The molecule has 1 aliphatic carbocycles. The first-order valence-electron chi connectivity index (χ1n) is 16.1. The summed E-state index contributed by atoms with van der Waals surface area (Å²) < 4.78 is 3.72. The van der Waals surface area contributed by atoms with Gasteiger partial charge in [-0.1, -0.05) is 6.07 Å². The fourth-order valence-corrected chi connectivity index (χ4v) is 7.17. The summed E-state index contributed by atoms with van der Waals surface area (Å²) >= 11 is 0. The van der Waals surface area contributed by atoms with E-state index in [1.807, 2.05) is 41.4 Å². The fraction of sp³-hybridized carbons (Fsp3) is 0.412. The van der Waals surface area contributed by atoms with E-state index in [0.29, 0.717) is 72.4 Å². The summed E-state index contributed by atoms with van der Waals surface area (Å²) in [4.78, 5) is 40.8. The first kappa shape index (κ1) is 30.3. The minimum atomic E-state index is -0.325. The van der Waals surface area contributed by atoms with Gasteiger partial charge in [-0.15, -0.1) is 0 Å². The lowest BCUT2D eigenvalue weighted by molar-refractivity contribution is 0.0963. The van der Waals surface area contributed by atoms with Gasteiger partial charge in [0.1, 0.15) is 23.0 Å². The third-order valence-electron chi connectivity index (χ3n) is 9.48. The van der Waals surface area contributed by atoms with Crippen molar-refractivity contribution in [3.8, 4) is 11.1 Å². The summed E-state index contributed by atoms with van der Waals surface area (Å²) in [6.45, 7) is 4.30. The van der Waals surface area contributed by atoms with Crippen molar-refractivity contribution in [2.75, 3.05) is 55.8 Å². The standard InChI is InChI=1S/C34H40N8O4/c1-37-22-25(21-30(33(37)45)42(31-8-4-5-10-35-31)39-14-12-38(13-15-39)18-19-43)26-9-11-36-32(27(26)23-44)41-17-16-40-28-7-3-2-6-24(28)20-29(40)34(41)46/h4-5,8-11,20-22,43-44H,2-3,6-7,12-19,23H2,1H3. The maximum atomic E-state index is 13.9. The third kappa shape index (κ3) is 5.41. The van der Waals surface area contributed by atoms with Gasteiger partial charge in [0.2, 0.25) is 0 Å². The number of β-amino-alcohol motifs (C(OH)–C–C–N with tert-alkyl or cyclic N) is 1. The molecule has 6 heterocycles. The lowest BCUT2D eigenvalue weighted by atomic mass is 9.98. The number of fused-ring (bicyclic) bond motifs is 3. The normalized spacial score (nSPS) is 17.2. The molecule has 4 aromatic heterocycles. The van der Waals surface area contributed by atoms with Crippen molar-refractivity contribution in [1.29, 1.82) is 0 Å². The lowest BCUT2D eigenvalue weighted by Crippen LogP contribution is -2.54. The van der Waals surface area contributed by atoms with Crippen LogP contribution in [-0.2, 0) is 33.0 Å². The number of hydrogen-bond donors (Lipinski definition) is 2. The van der Waals surface area contributed by atoms with Gasteiger partial charge in [-0.25, -0.2) is 15.0 Å². The molecule has 2 aliphatic heterocycles. The van der Waals surface area contributed by atoms with Crippen molar-refractivity contribution in [2.45, 2.75) is 38.8 Å². The Morgan fingerprint density at radius 2 is 1.74 bits per heavy atom. The molecular formula is C34H40N8O4. The van der Waals surface area contributed by atoms with Gasteiger partial charge in [0, 0.05) is 88.3 Å². The van der Waals surface area contributed by atoms with Crippen molar-refractivity contribution >= 4 is 23.2 Å². The van der Waals surface area contributed by atoms with Gasteiger partial charge < -0.3 is 19.3 Å². The zero-order valence-corrected chi connectivity index (χ0v) is 26.2. The van der Waals surface area contributed by atoms with Crippen LogP contribution in [0.3, 0.4) is 0 Å². The predicted octanol–water partition coefficient (Wildman–Crippen LogP) is 2.34. The topological polar surface area (TPSA) is 123 Å². The Hall–Kier alpha value is -4.36. The van der Waals surface area contributed by atoms with Crippen LogP contribution in [-0.4, -0.2) is 91.0 Å². The van der Waals surface area contributed by atoms with Gasteiger partial charge in [-0.2, -0.15) is 0 Å². The van der Waals surface area contributed by atoms with Gasteiger partial charge >= 0.3 is 0 Å². The van der Waals surface area contributed by atoms with Crippen LogP contribution in [0, 0.1) is 0 Å². The van der Waals surface area contributed by atoms with E-state index in [4.69, 9.17) is 0 Å². The molecule has 0 unspecified atom stereocenters. The zero-order chi connectivity index (χ0) is 31.8. The second kappa shape index (κ2) is 12.8. The summed E-state index contributed by atoms with van der Waals surface area (Å²) in [5.74, 6) is 0.949. The Morgan fingerprint density at radius 3 is 2.50 bits per heavy atom. The summed E-state index contributed by atoms with van der Waals surface area (Å²) in [5, 5.41) is 24.2. The monoisotopic (exact) mass is 624 g/mol. The van der Waals surface area contributed by atoms with Gasteiger partial charge in [-0.3, -0.25) is 24.4 Å². The van der Waals surface area contributed by atoms with Gasteiger partial charge in [0.05, 0.1) is 13.2 Å². The number of aromatic nitrogens is 4. The van der Waals surface area contributed by atoms with Crippen LogP contribution in [0.15, 0.2) is 59.8 Å². The predicted molar refractivity (Wildman–Crippen MR) is 175 cm³/mol. The number of amides is 1. The molecule has 1 fully saturated rings. The van der Waals surface area contributed by atoms with E-state index in [1.165, 1.54) is 11.3 Å². The minimum absolute atomic E-state index is 0.103. The van der Waals surface area contributed by atoms with E-state index in [-0.39, 0.29) is 24.7 Å². The van der Waals surface area contributed by atoms with Crippen molar-refractivity contribution in [3.63, 3.8) is 0 Å². The number of hydrazine groups is 1. The molecule has 0 saturated carbocycles. The first-order valence-corrected chi connectivity index (χ1v) is 16.1. The van der Waals surface area contributed by atoms with E-state index in [2.05, 4.69) is 24.4 Å². The molecule has 4 aromatic rings. The van der Waals surface area contributed by atoms with E-state index < -0.39 is 0 Å². The van der Waals surface area contributed by atoms with E-state index in [9.17, 15) is 19.8 Å². The minimum Gasteiger partial charge on any atom is -0.395 e. The highest BCUT2D eigenvalue weighted by atomic mass is 16.3. The Bertz CT molecular complexity index is 1790. The second-order valence-corrected chi connectivity index (χ2v) is 12.2. The number of anilines is 3. The molecule has 12 heteroatoms. The van der Waals surface area contributed by atoms with Crippen LogP contribution in [0.2, 0.25) is 0 Å². The number of hydrogen-bond acceptors (Lipinski definition) is 9. The number of aliphatic hydroxyl groups is 2. The summed E-state index contributed by atoms with van der Waals surface area (Å²) in [5.41, 5.74) is 5.42. The Balaban J connectivity index is 1.28. The Kier molecular flexibility index (Phi) is 8.43. The second-order valence-electron chi connectivity index (χ2n) is 12.2. The molecule has 0 bridgehead atoms. The number of nitrogens with zero attached hydrogens (tertiary/aromatic N) is 8. The molecule has 0 atom stereocenters. The summed E-state index contributed by atoms with van der Waals surface area (Å²) in [6, 6.07) is 11.3. The molecular weight excluding hydrogens is 584 g/mol. The maximum absolute atomic E-state index is 13.9. The van der Waals surface area contributed by atoms with Crippen LogP contribution in [0.5, 0.6) is 0 Å². The number of aliphatic hydroxyl groups excluding tert-OH is 2. The molecule has 240 valence electrons. The van der Waals surface area contributed by atoms with Crippen molar-refractivity contribution in [1.82, 2.24) is 29.0 Å². The number of carbonyl (C=O) groups is 1. The van der Waals surface area contributed by atoms with Gasteiger partial charge in [0.25, 0.3) is 11.5 Å². The number of aryl methyl sites for hydroxylation is 2. The molecule has 1 amide bonds. The van der Waals surface area contributed by atoms with E-state index in [1.54, 1.807) is 35.1 Å². The molecule has 0 aromatic carbocycles. The quantitative estimate of drug-likeness (QED) is 0.304. The maximum Gasteiger partial charge on any atom is 0.276 e. The first-order chi connectivity index (χ1) is 22.5. The van der Waals surface area contributed by atoms with Crippen LogP contribution in [0.25, 0.3) is 11.1 Å². The molecule has 0 spiro atoms. The molecule has 12 nitrogen and oxygen atoms in total. The van der Waals surface area contributed by atoms with Crippen LogP contribution < -0.4 is 15.5 Å². The zero-order valence-electron chi connectivity index (χ0n) is 26.2.